The molecule has 3 atom stereocenters. The number of hydrogen-bond acceptors (Lipinski definition) is 2. The number of nitrogens with one attached hydrogen (secondary N) is 1. The lowest BCUT2D eigenvalue weighted by Gasteiger charge is -2.31. The number of carbonyl (C=O) groups is 1. The van der Waals surface area contributed by atoms with E-state index in [0.29, 0.717) is 0 Å². The van der Waals surface area contributed by atoms with Gasteiger partial charge < -0.3 is 4.90 Å². The van der Waals surface area contributed by atoms with Crippen molar-refractivity contribution in [2.75, 3.05) is 0 Å². The van der Waals surface area contributed by atoms with E-state index in [0.717, 1.165) is 12.8 Å². The van der Waals surface area contributed by atoms with Crippen LogP contribution in [-0.4, -0.2) is 22.4 Å². The standard InChI is InChI=1S/C18H28N2O/c1-7-14(5)20-16(19-18(6,8-2)17(20)21)15-11-12(3)9-10-13(15)4/h9-11,14,16,19H,7-8H2,1-6H3. The Kier molecular flexibility index (Phi) is 4.43. The van der Waals surface area contributed by atoms with Crippen molar-refractivity contribution in [2.45, 2.75) is 72.1 Å². The van der Waals surface area contributed by atoms with E-state index in [1.165, 1.54) is 16.7 Å². The molecule has 1 aliphatic rings. The minimum Gasteiger partial charge on any atom is -0.319 e. The van der Waals surface area contributed by atoms with Crippen LogP contribution in [0.1, 0.15) is 63.4 Å². The van der Waals surface area contributed by atoms with Crippen molar-refractivity contribution in [1.29, 1.82) is 0 Å². The van der Waals surface area contributed by atoms with Gasteiger partial charge in [-0.2, -0.15) is 0 Å². The summed E-state index contributed by atoms with van der Waals surface area (Å²) in [6.45, 7) is 12.6. The third-order valence-corrected chi connectivity index (χ3v) is 4.94. The van der Waals surface area contributed by atoms with Gasteiger partial charge in [-0.15, -0.1) is 0 Å². The molecule has 116 valence electrons. The normalized spacial score (nSPS) is 27.2. The van der Waals surface area contributed by atoms with Gasteiger partial charge in [-0.3, -0.25) is 10.1 Å². The maximum absolute atomic E-state index is 12.9. The Morgan fingerprint density at radius 1 is 1.33 bits per heavy atom. The zero-order chi connectivity index (χ0) is 15.8. The Morgan fingerprint density at radius 2 is 2.00 bits per heavy atom. The first kappa shape index (κ1) is 16.0. The Balaban J connectivity index is 2.49. The molecule has 1 N–H and O–H groups in total. The fourth-order valence-electron chi connectivity index (χ4n) is 3.02. The summed E-state index contributed by atoms with van der Waals surface area (Å²) in [5, 5.41) is 3.59. The van der Waals surface area contributed by atoms with Crippen molar-refractivity contribution >= 4 is 5.91 Å². The van der Waals surface area contributed by atoms with Gasteiger partial charge >= 0.3 is 0 Å². The molecule has 1 aromatic carbocycles. The van der Waals surface area contributed by atoms with Gasteiger partial charge in [-0.1, -0.05) is 37.6 Å². The first-order valence-electron chi connectivity index (χ1n) is 8.01. The first-order valence-corrected chi connectivity index (χ1v) is 8.01. The van der Waals surface area contributed by atoms with E-state index in [1.54, 1.807) is 0 Å². The molecule has 0 radical (unpaired) electrons. The van der Waals surface area contributed by atoms with E-state index in [2.05, 4.69) is 58.1 Å². The second-order valence-electron chi connectivity index (χ2n) is 6.56. The minimum atomic E-state index is -0.454. The number of carbonyl (C=O) groups excluding carboxylic acids is 1. The Bertz CT molecular complexity index is 540. The highest BCUT2D eigenvalue weighted by Crippen LogP contribution is 2.36. The third-order valence-electron chi connectivity index (χ3n) is 4.94. The van der Waals surface area contributed by atoms with Gasteiger partial charge in [0.25, 0.3) is 0 Å². The molecular formula is C18H28N2O. The lowest BCUT2D eigenvalue weighted by atomic mass is 9.99. The van der Waals surface area contributed by atoms with Crippen molar-refractivity contribution in [2.24, 2.45) is 0 Å². The summed E-state index contributed by atoms with van der Waals surface area (Å²) in [5.74, 6) is 0.227. The van der Waals surface area contributed by atoms with Crippen LogP contribution < -0.4 is 5.32 Å². The molecule has 0 aromatic heterocycles. The van der Waals surface area contributed by atoms with Crippen LogP contribution in [-0.2, 0) is 4.79 Å². The molecular weight excluding hydrogens is 260 g/mol. The van der Waals surface area contributed by atoms with Crippen molar-refractivity contribution in [3.8, 4) is 0 Å². The van der Waals surface area contributed by atoms with Crippen LogP contribution in [0.3, 0.4) is 0 Å². The molecule has 1 saturated heterocycles. The van der Waals surface area contributed by atoms with E-state index in [1.807, 2.05) is 11.8 Å². The van der Waals surface area contributed by atoms with Crippen molar-refractivity contribution in [3.05, 3.63) is 34.9 Å². The molecule has 2 rings (SSSR count). The molecule has 1 aromatic rings. The summed E-state index contributed by atoms with van der Waals surface area (Å²) < 4.78 is 0. The van der Waals surface area contributed by atoms with Crippen LogP contribution in [0, 0.1) is 13.8 Å². The Morgan fingerprint density at radius 3 is 2.57 bits per heavy atom. The van der Waals surface area contributed by atoms with Crippen LogP contribution >= 0.6 is 0 Å². The first-order chi connectivity index (χ1) is 9.84. The second kappa shape index (κ2) is 5.80. The van der Waals surface area contributed by atoms with E-state index in [4.69, 9.17) is 0 Å². The minimum absolute atomic E-state index is 0.0164. The van der Waals surface area contributed by atoms with E-state index < -0.39 is 5.54 Å². The summed E-state index contributed by atoms with van der Waals surface area (Å²) >= 11 is 0. The predicted octanol–water partition coefficient (Wildman–Crippen LogP) is 3.70. The smallest absolute Gasteiger partial charge is 0.244 e. The van der Waals surface area contributed by atoms with Crippen LogP contribution in [0.15, 0.2) is 18.2 Å². The van der Waals surface area contributed by atoms with Gasteiger partial charge in [0, 0.05) is 6.04 Å². The largest absolute Gasteiger partial charge is 0.319 e. The van der Waals surface area contributed by atoms with Gasteiger partial charge in [-0.05, 0) is 51.7 Å². The molecule has 0 saturated carbocycles. The molecule has 3 heteroatoms. The van der Waals surface area contributed by atoms with Crippen molar-refractivity contribution in [1.82, 2.24) is 10.2 Å². The summed E-state index contributed by atoms with van der Waals surface area (Å²) in [7, 11) is 0. The quantitative estimate of drug-likeness (QED) is 0.916. The monoisotopic (exact) mass is 288 g/mol. The maximum Gasteiger partial charge on any atom is 0.244 e. The fraction of sp³-hybridized carbons (Fsp3) is 0.611. The number of amides is 1. The topological polar surface area (TPSA) is 32.3 Å². The summed E-state index contributed by atoms with van der Waals surface area (Å²) in [6, 6.07) is 6.72. The molecule has 0 aliphatic carbocycles. The van der Waals surface area contributed by atoms with Crippen molar-refractivity contribution < 1.29 is 4.79 Å². The van der Waals surface area contributed by atoms with Crippen molar-refractivity contribution in [3.63, 3.8) is 0 Å². The van der Waals surface area contributed by atoms with Crippen LogP contribution in [0.25, 0.3) is 0 Å². The number of nitrogens with zero attached hydrogens (tertiary/aromatic N) is 1. The lowest BCUT2D eigenvalue weighted by Crippen LogP contribution is -2.44. The number of benzene rings is 1. The number of rotatable bonds is 4. The molecule has 0 spiro atoms. The average Bonchev–Trinajstić information content (AvgIpc) is 2.74. The van der Waals surface area contributed by atoms with Gasteiger partial charge in [0.2, 0.25) is 5.91 Å². The van der Waals surface area contributed by atoms with Crippen LogP contribution in [0.5, 0.6) is 0 Å². The van der Waals surface area contributed by atoms with E-state index in [-0.39, 0.29) is 18.1 Å². The maximum atomic E-state index is 12.9. The Labute approximate surface area is 128 Å². The summed E-state index contributed by atoms with van der Waals surface area (Å²) in [6.07, 6.45) is 1.76. The van der Waals surface area contributed by atoms with Gasteiger partial charge in [0.1, 0.15) is 6.17 Å². The van der Waals surface area contributed by atoms with Crippen LogP contribution in [0.4, 0.5) is 0 Å². The zero-order valence-corrected chi connectivity index (χ0v) is 14.2. The van der Waals surface area contributed by atoms with Crippen LogP contribution in [0.2, 0.25) is 0 Å². The van der Waals surface area contributed by atoms with E-state index in [9.17, 15) is 4.79 Å². The number of aryl methyl sites for hydroxylation is 2. The summed E-state index contributed by atoms with van der Waals surface area (Å²) in [5.41, 5.74) is 3.24. The highest BCUT2D eigenvalue weighted by atomic mass is 16.2. The molecule has 21 heavy (non-hydrogen) atoms. The second-order valence-corrected chi connectivity index (χ2v) is 6.56. The molecule has 0 bridgehead atoms. The van der Waals surface area contributed by atoms with E-state index >= 15 is 0 Å². The summed E-state index contributed by atoms with van der Waals surface area (Å²) in [4.78, 5) is 14.9. The molecule has 1 heterocycles. The molecule has 3 unspecified atom stereocenters. The molecule has 1 amide bonds. The molecule has 3 nitrogen and oxygen atoms in total. The highest BCUT2D eigenvalue weighted by molar-refractivity contribution is 5.89. The SMILES string of the molecule is CCC(C)N1C(=O)C(C)(CC)NC1c1cc(C)ccc1C. The molecule has 1 fully saturated rings. The Hall–Kier alpha value is -1.35. The van der Waals surface area contributed by atoms with Gasteiger partial charge in [0.05, 0.1) is 5.54 Å². The predicted molar refractivity (Wildman–Crippen MR) is 87.1 cm³/mol. The molecule has 1 aliphatic heterocycles. The van der Waals surface area contributed by atoms with Gasteiger partial charge in [0.15, 0.2) is 0 Å². The fourth-order valence-corrected chi connectivity index (χ4v) is 3.02. The third kappa shape index (κ3) is 2.71. The highest BCUT2D eigenvalue weighted by Gasteiger charge is 2.48. The number of hydrogen-bond donors (Lipinski definition) is 1. The average molecular weight is 288 g/mol. The van der Waals surface area contributed by atoms with Gasteiger partial charge in [-0.25, -0.2) is 0 Å². The zero-order valence-electron chi connectivity index (χ0n) is 14.2. The lowest BCUT2D eigenvalue weighted by molar-refractivity contribution is -0.135.